The summed E-state index contributed by atoms with van der Waals surface area (Å²) in [5.41, 5.74) is 1.14. The van der Waals surface area contributed by atoms with Gasteiger partial charge in [-0.05, 0) is 25.0 Å². The van der Waals surface area contributed by atoms with E-state index in [-0.39, 0.29) is 11.9 Å². The lowest BCUT2D eigenvalue weighted by atomic mass is 10.2. The molecule has 1 aromatic heterocycles. The summed E-state index contributed by atoms with van der Waals surface area (Å²) in [6, 6.07) is 3.52. The normalized spacial score (nSPS) is 18.4. The fourth-order valence-corrected chi connectivity index (χ4v) is 3.07. The second-order valence-electron chi connectivity index (χ2n) is 6.01. The Kier molecular flexibility index (Phi) is 4.93. The van der Waals surface area contributed by atoms with Crippen LogP contribution in [0.4, 0.5) is 4.79 Å². The summed E-state index contributed by atoms with van der Waals surface area (Å²) in [7, 11) is 0. The number of hydrazone groups is 1. The molecule has 128 valence electrons. The number of pyridine rings is 1. The van der Waals surface area contributed by atoms with Crippen molar-refractivity contribution in [2.24, 2.45) is 10.9 Å². The molecule has 2 saturated heterocycles. The first-order valence-corrected chi connectivity index (χ1v) is 8.21. The summed E-state index contributed by atoms with van der Waals surface area (Å²) in [5, 5.41) is 3.43. The van der Waals surface area contributed by atoms with Gasteiger partial charge < -0.3 is 20.5 Å². The molecule has 3 heterocycles. The van der Waals surface area contributed by atoms with E-state index in [1.54, 1.807) is 23.2 Å². The maximum Gasteiger partial charge on any atom is 0.320 e. The van der Waals surface area contributed by atoms with Crippen LogP contribution in [0.5, 0.6) is 0 Å². The predicted molar refractivity (Wildman–Crippen MR) is 89.7 cm³/mol. The van der Waals surface area contributed by atoms with Crippen molar-refractivity contribution in [1.82, 2.24) is 19.7 Å². The van der Waals surface area contributed by atoms with Gasteiger partial charge in [-0.15, -0.1) is 0 Å². The summed E-state index contributed by atoms with van der Waals surface area (Å²) in [4.78, 5) is 34.5. The highest BCUT2D eigenvalue weighted by Gasteiger charge is 2.29. The highest BCUT2D eigenvalue weighted by atomic mass is 16.2. The van der Waals surface area contributed by atoms with Gasteiger partial charge in [0, 0.05) is 51.0 Å². The minimum atomic E-state index is -0.112. The molecule has 0 bridgehead atoms. The molecule has 24 heavy (non-hydrogen) atoms. The molecule has 2 aliphatic rings. The van der Waals surface area contributed by atoms with Gasteiger partial charge in [0.1, 0.15) is 5.69 Å². The molecular formula is C16H22N6O2. The van der Waals surface area contributed by atoms with Gasteiger partial charge in [-0.25, -0.2) is 4.79 Å². The lowest BCUT2D eigenvalue weighted by molar-refractivity contribution is 0.0639. The van der Waals surface area contributed by atoms with Gasteiger partial charge in [0.25, 0.3) is 5.91 Å². The maximum absolute atomic E-state index is 12.5. The first kappa shape index (κ1) is 16.2. The van der Waals surface area contributed by atoms with Gasteiger partial charge in [-0.2, -0.15) is 5.10 Å². The Hall–Kier alpha value is -2.64. The van der Waals surface area contributed by atoms with Crippen molar-refractivity contribution in [2.45, 2.75) is 12.8 Å². The maximum atomic E-state index is 12.5. The Morgan fingerprint density at radius 2 is 1.62 bits per heavy atom. The second kappa shape index (κ2) is 7.29. The van der Waals surface area contributed by atoms with Crippen LogP contribution in [-0.2, 0) is 0 Å². The molecule has 3 amide bonds. The van der Waals surface area contributed by atoms with Crippen molar-refractivity contribution >= 4 is 18.2 Å². The van der Waals surface area contributed by atoms with Crippen LogP contribution in [0.15, 0.2) is 23.4 Å². The highest BCUT2D eigenvalue weighted by Crippen LogP contribution is 2.13. The average molecular weight is 330 g/mol. The molecule has 0 aromatic carbocycles. The Bertz CT molecular complexity index is 616. The zero-order valence-corrected chi connectivity index (χ0v) is 13.6. The van der Waals surface area contributed by atoms with Gasteiger partial charge >= 0.3 is 6.03 Å². The average Bonchev–Trinajstić information content (AvgIpc) is 3.16. The molecule has 3 rings (SSSR count). The van der Waals surface area contributed by atoms with Crippen LogP contribution in [0, 0.1) is 0 Å². The monoisotopic (exact) mass is 330 g/mol. The Morgan fingerprint density at radius 1 is 1.00 bits per heavy atom. The van der Waals surface area contributed by atoms with E-state index in [0.717, 1.165) is 31.5 Å². The van der Waals surface area contributed by atoms with Crippen LogP contribution < -0.4 is 5.84 Å². The predicted octanol–water partition coefficient (Wildman–Crippen LogP) is 0.348. The van der Waals surface area contributed by atoms with Crippen molar-refractivity contribution in [2.75, 3.05) is 39.3 Å². The third-order valence-corrected chi connectivity index (χ3v) is 4.44. The fraction of sp³-hybridized carbons (Fsp3) is 0.500. The Morgan fingerprint density at radius 3 is 2.21 bits per heavy atom. The number of urea groups is 1. The smallest absolute Gasteiger partial charge is 0.320 e. The summed E-state index contributed by atoms with van der Waals surface area (Å²) in [6.07, 6.45) is 5.21. The molecule has 2 aliphatic heterocycles. The lowest BCUT2D eigenvalue weighted by Gasteiger charge is -2.36. The number of nitrogens with zero attached hydrogens (tertiary/aromatic N) is 5. The van der Waals surface area contributed by atoms with E-state index >= 15 is 0 Å². The molecule has 0 radical (unpaired) electrons. The van der Waals surface area contributed by atoms with Gasteiger partial charge in [0.05, 0.1) is 6.21 Å². The molecule has 2 N–H and O–H groups in total. The molecular weight excluding hydrogens is 308 g/mol. The van der Waals surface area contributed by atoms with Crippen molar-refractivity contribution in [3.63, 3.8) is 0 Å². The summed E-state index contributed by atoms with van der Waals surface area (Å²) in [6.45, 7) is 3.90. The molecule has 1 aromatic rings. The SMILES string of the molecule is NN=Cc1ccc(C(=O)N2CCN(C(=O)N3CCCC3)CC2)nc1. The topological polar surface area (TPSA) is 95.1 Å². The number of carbonyl (C=O) groups excluding carboxylic acids is 2. The number of amides is 3. The number of rotatable bonds is 2. The van der Waals surface area contributed by atoms with Crippen molar-refractivity contribution in [1.29, 1.82) is 0 Å². The molecule has 8 heteroatoms. The molecule has 2 fully saturated rings. The van der Waals surface area contributed by atoms with E-state index in [0.29, 0.717) is 31.9 Å². The van der Waals surface area contributed by atoms with E-state index in [2.05, 4.69) is 10.1 Å². The first-order chi connectivity index (χ1) is 11.7. The molecule has 0 aliphatic carbocycles. The third kappa shape index (κ3) is 3.47. The van der Waals surface area contributed by atoms with E-state index in [1.807, 2.05) is 9.80 Å². The van der Waals surface area contributed by atoms with E-state index < -0.39 is 0 Å². The Labute approximate surface area is 140 Å². The summed E-state index contributed by atoms with van der Waals surface area (Å²) in [5.74, 6) is 4.98. The number of hydrogen-bond donors (Lipinski definition) is 1. The number of nitrogens with two attached hydrogens (primary N) is 1. The van der Waals surface area contributed by atoms with Crippen LogP contribution in [-0.4, -0.2) is 77.1 Å². The quantitative estimate of drug-likeness (QED) is 0.481. The van der Waals surface area contributed by atoms with Gasteiger partial charge in [0.15, 0.2) is 0 Å². The van der Waals surface area contributed by atoms with Gasteiger partial charge in [0.2, 0.25) is 0 Å². The van der Waals surface area contributed by atoms with E-state index in [9.17, 15) is 9.59 Å². The number of hydrogen-bond acceptors (Lipinski definition) is 5. The molecule has 0 unspecified atom stereocenters. The number of piperazine rings is 1. The van der Waals surface area contributed by atoms with E-state index in [1.165, 1.54) is 6.21 Å². The lowest BCUT2D eigenvalue weighted by Crippen LogP contribution is -2.53. The highest BCUT2D eigenvalue weighted by molar-refractivity contribution is 5.93. The van der Waals surface area contributed by atoms with Crippen molar-refractivity contribution in [3.05, 3.63) is 29.6 Å². The van der Waals surface area contributed by atoms with Crippen LogP contribution in [0.1, 0.15) is 28.9 Å². The van der Waals surface area contributed by atoms with Crippen LogP contribution in [0.25, 0.3) is 0 Å². The number of aromatic nitrogens is 1. The zero-order valence-electron chi connectivity index (χ0n) is 13.6. The molecule has 8 nitrogen and oxygen atoms in total. The second-order valence-corrected chi connectivity index (χ2v) is 6.01. The third-order valence-electron chi connectivity index (χ3n) is 4.44. The molecule has 0 spiro atoms. The summed E-state index contributed by atoms with van der Waals surface area (Å²) < 4.78 is 0. The van der Waals surface area contributed by atoms with Crippen LogP contribution >= 0.6 is 0 Å². The van der Waals surface area contributed by atoms with Gasteiger partial charge in [-0.3, -0.25) is 9.78 Å². The summed E-state index contributed by atoms with van der Waals surface area (Å²) >= 11 is 0. The van der Waals surface area contributed by atoms with Crippen LogP contribution in [0.2, 0.25) is 0 Å². The fourth-order valence-electron chi connectivity index (χ4n) is 3.07. The first-order valence-electron chi connectivity index (χ1n) is 8.21. The molecule has 0 saturated carbocycles. The van der Waals surface area contributed by atoms with Crippen molar-refractivity contribution in [3.8, 4) is 0 Å². The number of carbonyl (C=O) groups is 2. The van der Waals surface area contributed by atoms with Crippen molar-refractivity contribution < 1.29 is 9.59 Å². The van der Waals surface area contributed by atoms with E-state index in [4.69, 9.17) is 5.84 Å². The number of likely N-dealkylation sites (tertiary alicyclic amines) is 1. The van der Waals surface area contributed by atoms with Crippen LogP contribution in [0.3, 0.4) is 0 Å². The largest absolute Gasteiger partial charge is 0.334 e. The Balaban J connectivity index is 1.55. The minimum absolute atomic E-state index is 0.100. The van der Waals surface area contributed by atoms with Gasteiger partial charge in [-0.1, -0.05) is 0 Å². The minimum Gasteiger partial charge on any atom is -0.334 e. The standard InChI is InChI=1S/C16H22N6O2/c17-19-12-13-3-4-14(18-11-13)15(23)20-7-9-22(10-8-20)16(24)21-5-1-2-6-21/h3-4,11-12H,1-2,5-10,17H2. The zero-order chi connectivity index (χ0) is 16.9. The molecule has 0 atom stereocenters.